The first-order valence-corrected chi connectivity index (χ1v) is 7.33. The summed E-state index contributed by atoms with van der Waals surface area (Å²) in [7, 11) is 0. The first kappa shape index (κ1) is 15.1. The number of rotatable bonds is 2. The fraction of sp³-hybridized carbons (Fsp3) is 0.688. The number of hydrogen-bond donors (Lipinski definition) is 1. The monoisotopic (exact) mass is 278 g/mol. The largest absolute Gasteiger partial charge is 0.393 e. The predicted octanol–water partition coefficient (Wildman–Crippen LogP) is 2.23. The maximum atomic E-state index is 12.9. The molecule has 1 N–H and O–H groups in total. The van der Waals surface area contributed by atoms with Crippen molar-refractivity contribution in [3.8, 4) is 0 Å². The second-order valence-electron chi connectivity index (χ2n) is 7.19. The van der Waals surface area contributed by atoms with Crippen molar-refractivity contribution in [3.63, 3.8) is 0 Å². The molecule has 0 radical (unpaired) electrons. The van der Waals surface area contributed by atoms with Crippen LogP contribution in [-0.2, 0) is 10.3 Å². The lowest BCUT2D eigenvalue weighted by Crippen LogP contribution is -2.49. The van der Waals surface area contributed by atoms with Crippen LogP contribution >= 0.6 is 0 Å². The second-order valence-corrected chi connectivity index (χ2v) is 7.19. The highest BCUT2D eigenvalue weighted by atomic mass is 16.3. The number of carbonyl (C=O) groups excluding carboxylic acids is 1. The SMILES string of the molecule is CC1(C)CC(O)CCN(C(=O)C(C)(C)n2cccc2)C1. The molecule has 1 aromatic heterocycles. The summed E-state index contributed by atoms with van der Waals surface area (Å²) in [4.78, 5) is 14.8. The summed E-state index contributed by atoms with van der Waals surface area (Å²) in [5.74, 6) is 0.121. The molecule has 1 fully saturated rings. The molecule has 1 unspecified atom stereocenters. The van der Waals surface area contributed by atoms with E-state index < -0.39 is 5.54 Å². The van der Waals surface area contributed by atoms with E-state index in [0.29, 0.717) is 19.5 Å². The Bertz CT molecular complexity index is 463. The minimum absolute atomic E-state index is 0.0433. The lowest BCUT2D eigenvalue weighted by molar-refractivity contribution is -0.140. The van der Waals surface area contributed by atoms with Crippen LogP contribution in [0.15, 0.2) is 24.5 Å². The highest BCUT2D eigenvalue weighted by Gasteiger charge is 2.38. The average Bonchev–Trinajstić information content (AvgIpc) is 2.82. The van der Waals surface area contributed by atoms with Gasteiger partial charge in [0.2, 0.25) is 5.91 Å². The summed E-state index contributed by atoms with van der Waals surface area (Å²) in [5.41, 5.74) is -0.632. The van der Waals surface area contributed by atoms with E-state index in [2.05, 4.69) is 13.8 Å². The Kier molecular flexibility index (Phi) is 3.96. The van der Waals surface area contributed by atoms with Gasteiger partial charge in [-0.3, -0.25) is 4.79 Å². The van der Waals surface area contributed by atoms with E-state index in [4.69, 9.17) is 0 Å². The summed E-state index contributed by atoms with van der Waals surface area (Å²) < 4.78 is 1.95. The van der Waals surface area contributed by atoms with E-state index in [1.165, 1.54) is 0 Å². The zero-order valence-corrected chi connectivity index (χ0v) is 13.0. The number of hydrogen-bond acceptors (Lipinski definition) is 2. The van der Waals surface area contributed by atoms with E-state index in [1.807, 2.05) is 47.8 Å². The fourth-order valence-electron chi connectivity index (χ4n) is 3.08. The van der Waals surface area contributed by atoms with Gasteiger partial charge in [-0.25, -0.2) is 0 Å². The molecule has 1 aromatic rings. The normalized spacial score (nSPS) is 23.4. The molecule has 4 nitrogen and oxygen atoms in total. The average molecular weight is 278 g/mol. The fourth-order valence-corrected chi connectivity index (χ4v) is 3.08. The molecule has 0 spiro atoms. The number of aromatic nitrogens is 1. The van der Waals surface area contributed by atoms with Gasteiger partial charge in [0.25, 0.3) is 0 Å². The number of likely N-dealkylation sites (tertiary alicyclic amines) is 1. The molecule has 0 aromatic carbocycles. The van der Waals surface area contributed by atoms with E-state index in [1.54, 1.807) is 0 Å². The number of aliphatic hydroxyl groups is 1. The van der Waals surface area contributed by atoms with E-state index in [9.17, 15) is 9.90 Å². The Balaban J connectivity index is 2.20. The second kappa shape index (κ2) is 5.24. The van der Waals surface area contributed by atoms with Crippen molar-refractivity contribution in [2.45, 2.75) is 52.2 Å². The lowest BCUT2D eigenvalue weighted by atomic mass is 9.86. The zero-order chi connectivity index (χ0) is 15.0. The van der Waals surface area contributed by atoms with Crippen LogP contribution in [0.3, 0.4) is 0 Å². The van der Waals surface area contributed by atoms with Gasteiger partial charge in [-0.05, 0) is 44.2 Å². The Morgan fingerprint density at radius 2 is 1.90 bits per heavy atom. The van der Waals surface area contributed by atoms with Gasteiger partial charge in [0.05, 0.1) is 6.10 Å². The van der Waals surface area contributed by atoms with Gasteiger partial charge in [-0.2, -0.15) is 0 Å². The van der Waals surface area contributed by atoms with Crippen molar-refractivity contribution >= 4 is 5.91 Å². The maximum Gasteiger partial charge on any atom is 0.248 e. The molecule has 1 amide bonds. The molecule has 1 saturated heterocycles. The van der Waals surface area contributed by atoms with E-state index >= 15 is 0 Å². The van der Waals surface area contributed by atoms with Crippen molar-refractivity contribution in [2.75, 3.05) is 13.1 Å². The zero-order valence-electron chi connectivity index (χ0n) is 13.0. The molecule has 4 heteroatoms. The van der Waals surface area contributed by atoms with Gasteiger partial charge in [-0.1, -0.05) is 13.8 Å². The van der Waals surface area contributed by atoms with Crippen molar-refractivity contribution < 1.29 is 9.90 Å². The third-order valence-electron chi connectivity index (χ3n) is 4.20. The molecule has 0 saturated carbocycles. The summed E-state index contributed by atoms with van der Waals surface area (Å²) in [6.07, 6.45) is 4.96. The molecule has 1 atom stereocenters. The summed E-state index contributed by atoms with van der Waals surface area (Å²) in [6, 6.07) is 3.87. The van der Waals surface area contributed by atoms with Crippen LogP contribution in [0.25, 0.3) is 0 Å². The number of nitrogens with zero attached hydrogens (tertiary/aromatic N) is 2. The third kappa shape index (κ3) is 3.06. The molecule has 0 aliphatic carbocycles. The number of carbonyl (C=O) groups is 1. The Hall–Kier alpha value is -1.29. The highest BCUT2D eigenvalue weighted by molar-refractivity contribution is 5.83. The van der Waals surface area contributed by atoms with Crippen molar-refractivity contribution in [2.24, 2.45) is 5.41 Å². The molecule has 1 aliphatic heterocycles. The summed E-state index contributed by atoms with van der Waals surface area (Å²) in [6.45, 7) is 9.46. The predicted molar refractivity (Wildman–Crippen MR) is 79.4 cm³/mol. The van der Waals surface area contributed by atoms with Crippen molar-refractivity contribution in [1.29, 1.82) is 0 Å². The van der Waals surface area contributed by atoms with Gasteiger partial charge in [0, 0.05) is 25.5 Å². The van der Waals surface area contributed by atoms with Gasteiger partial charge in [0.15, 0.2) is 0 Å². The van der Waals surface area contributed by atoms with Crippen LogP contribution < -0.4 is 0 Å². The van der Waals surface area contributed by atoms with Crippen LogP contribution in [0.2, 0.25) is 0 Å². The van der Waals surface area contributed by atoms with E-state index in [-0.39, 0.29) is 17.4 Å². The van der Waals surface area contributed by atoms with Crippen LogP contribution in [0.1, 0.15) is 40.5 Å². The minimum Gasteiger partial charge on any atom is -0.393 e. The summed E-state index contributed by atoms with van der Waals surface area (Å²) in [5, 5.41) is 9.97. The van der Waals surface area contributed by atoms with Crippen molar-refractivity contribution in [1.82, 2.24) is 9.47 Å². The molecule has 0 bridgehead atoms. The molecule has 112 valence electrons. The lowest BCUT2D eigenvalue weighted by Gasteiger charge is -2.36. The van der Waals surface area contributed by atoms with Gasteiger partial charge >= 0.3 is 0 Å². The first-order valence-electron chi connectivity index (χ1n) is 7.33. The first-order chi connectivity index (χ1) is 9.22. The molecule has 2 rings (SSSR count). The molecule has 20 heavy (non-hydrogen) atoms. The Morgan fingerprint density at radius 3 is 2.50 bits per heavy atom. The quantitative estimate of drug-likeness (QED) is 0.901. The van der Waals surface area contributed by atoms with Gasteiger partial charge in [0.1, 0.15) is 5.54 Å². The number of amides is 1. The third-order valence-corrected chi connectivity index (χ3v) is 4.20. The van der Waals surface area contributed by atoms with Crippen LogP contribution in [0.4, 0.5) is 0 Å². The van der Waals surface area contributed by atoms with Gasteiger partial charge < -0.3 is 14.6 Å². The minimum atomic E-state index is -0.588. The smallest absolute Gasteiger partial charge is 0.248 e. The number of aliphatic hydroxyl groups excluding tert-OH is 1. The van der Waals surface area contributed by atoms with Crippen LogP contribution in [-0.4, -0.2) is 39.7 Å². The summed E-state index contributed by atoms with van der Waals surface area (Å²) >= 11 is 0. The van der Waals surface area contributed by atoms with Gasteiger partial charge in [-0.15, -0.1) is 0 Å². The van der Waals surface area contributed by atoms with E-state index in [0.717, 1.165) is 6.42 Å². The molecular formula is C16H26N2O2. The Labute approximate surface area is 121 Å². The standard InChI is InChI=1S/C16H26N2O2/c1-15(2)11-13(19)7-10-17(12-15)14(20)16(3,4)18-8-5-6-9-18/h5-6,8-9,13,19H,7,10-12H2,1-4H3. The van der Waals surface area contributed by atoms with Crippen LogP contribution in [0.5, 0.6) is 0 Å². The highest BCUT2D eigenvalue weighted by Crippen LogP contribution is 2.30. The topological polar surface area (TPSA) is 45.5 Å². The van der Waals surface area contributed by atoms with Crippen molar-refractivity contribution in [3.05, 3.63) is 24.5 Å². The van der Waals surface area contributed by atoms with Crippen LogP contribution in [0, 0.1) is 5.41 Å². The molecule has 1 aliphatic rings. The maximum absolute atomic E-state index is 12.9. The molecular weight excluding hydrogens is 252 g/mol. The Morgan fingerprint density at radius 1 is 1.30 bits per heavy atom. The molecule has 2 heterocycles.